The Hall–Kier alpha value is -1.79. The molecule has 3 heteroatoms. The minimum Gasteiger partial charge on any atom is -0.361 e. The number of H-pyrrole nitrogens is 1. The van der Waals surface area contributed by atoms with E-state index in [0.717, 1.165) is 11.9 Å². The molecule has 1 heterocycles. The van der Waals surface area contributed by atoms with E-state index in [1.807, 2.05) is 44.3 Å². The smallest absolute Gasteiger partial charge is 0.0931 e. The maximum atomic E-state index is 8.59. The third-order valence-electron chi connectivity index (χ3n) is 2.57. The lowest BCUT2D eigenvalue weighted by Gasteiger charge is -2.01. The second-order valence-corrected chi connectivity index (χ2v) is 3.63. The molecule has 2 aromatic rings. The van der Waals surface area contributed by atoms with Crippen LogP contribution < -0.4 is 5.73 Å². The molecule has 0 bridgehead atoms. The van der Waals surface area contributed by atoms with Crippen molar-refractivity contribution in [1.82, 2.24) is 4.98 Å². The highest BCUT2D eigenvalue weighted by Gasteiger charge is 2.05. The van der Waals surface area contributed by atoms with Gasteiger partial charge < -0.3 is 10.7 Å². The molecule has 90 valence electrons. The van der Waals surface area contributed by atoms with E-state index < -0.39 is 0 Å². The number of aromatic amines is 1. The Labute approximate surface area is 102 Å². The van der Waals surface area contributed by atoms with Crippen molar-refractivity contribution in [1.29, 1.82) is 5.26 Å². The second kappa shape index (κ2) is 6.72. The lowest BCUT2D eigenvalue weighted by molar-refractivity contribution is 0.733. The van der Waals surface area contributed by atoms with Gasteiger partial charge >= 0.3 is 0 Å². The van der Waals surface area contributed by atoms with Gasteiger partial charge in [-0.15, -0.1) is 0 Å². The van der Waals surface area contributed by atoms with Crippen LogP contribution in [0.5, 0.6) is 0 Å². The molecule has 3 nitrogen and oxygen atoms in total. The fraction of sp³-hybridized carbons (Fsp3) is 0.357. The van der Waals surface area contributed by atoms with Crippen LogP contribution in [-0.2, 0) is 6.42 Å². The Bertz CT molecular complexity index is 493. The topological polar surface area (TPSA) is 65.6 Å². The Morgan fingerprint density at radius 1 is 1.35 bits per heavy atom. The summed E-state index contributed by atoms with van der Waals surface area (Å²) in [6, 6.07) is 9.83. The van der Waals surface area contributed by atoms with Crippen LogP contribution in [-0.4, -0.2) is 11.0 Å². The van der Waals surface area contributed by atoms with Gasteiger partial charge in [-0.05, 0) is 24.5 Å². The van der Waals surface area contributed by atoms with Crippen molar-refractivity contribution in [2.75, 3.05) is 0 Å². The van der Waals surface area contributed by atoms with Crippen LogP contribution in [0.1, 0.15) is 25.8 Å². The van der Waals surface area contributed by atoms with Gasteiger partial charge in [0.15, 0.2) is 0 Å². The molecule has 0 radical (unpaired) electrons. The Morgan fingerprint density at radius 2 is 2.06 bits per heavy atom. The summed E-state index contributed by atoms with van der Waals surface area (Å²) in [6.45, 7) is 4.00. The Balaban J connectivity index is 0.000000686. The number of benzene rings is 1. The molecule has 0 aliphatic carbocycles. The maximum Gasteiger partial charge on any atom is 0.0931 e. The number of hydrogen-bond acceptors (Lipinski definition) is 2. The zero-order valence-corrected chi connectivity index (χ0v) is 10.4. The number of aromatic nitrogens is 1. The highest BCUT2D eigenvalue weighted by Crippen LogP contribution is 2.19. The molecule has 0 aliphatic heterocycles. The SMILES string of the molecule is CC.N#CC(N)CCc1c[nH]c2ccccc12. The van der Waals surface area contributed by atoms with Crippen molar-refractivity contribution in [3.8, 4) is 6.07 Å². The standard InChI is InChI=1S/C12H13N3.C2H6/c13-7-10(14)6-5-9-8-15-12-4-2-1-3-11(9)12;1-2/h1-4,8,10,15H,5-6,14H2;1-2H3. The number of nitrogens with one attached hydrogen (secondary N) is 1. The zero-order valence-electron chi connectivity index (χ0n) is 10.4. The van der Waals surface area contributed by atoms with Gasteiger partial charge in [-0.2, -0.15) is 5.26 Å². The first-order valence-corrected chi connectivity index (χ1v) is 6.01. The number of nitrogens with zero attached hydrogens (tertiary/aromatic N) is 1. The van der Waals surface area contributed by atoms with E-state index in [2.05, 4.69) is 11.1 Å². The molecule has 1 aromatic carbocycles. The van der Waals surface area contributed by atoms with Crippen molar-refractivity contribution in [3.05, 3.63) is 36.0 Å². The van der Waals surface area contributed by atoms with Crippen LogP contribution in [0.3, 0.4) is 0 Å². The fourth-order valence-electron chi connectivity index (χ4n) is 1.71. The molecular weight excluding hydrogens is 210 g/mol. The van der Waals surface area contributed by atoms with Crippen LogP contribution in [0, 0.1) is 11.3 Å². The summed E-state index contributed by atoms with van der Waals surface area (Å²) >= 11 is 0. The van der Waals surface area contributed by atoms with E-state index in [1.165, 1.54) is 10.9 Å². The molecular formula is C14H19N3. The number of hydrogen-bond donors (Lipinski definition) is 2. The molecule has 17 heavy (non-hydrogen) atoms. The Kier molecular flexibility index (Phi) is 5.25. The van der Waals surface area contributed by atoms with Crippen molar-refractivity contribution < 1.29 is 0 Å². The molecule has 2 rings (SSSR count). The third kappa shape index (κ3) is 3.33. The summed E-state index contributed by atoms with van der Waals surface area (Å²) in [4.78, 5) is 3.21. The van der Waals surface area contributed by atoms with Gasteiger partial charge in [-0.3, -0.25) is 0 Å². The van der Waals surface area contributed by atoms with Gasteiger partial charge in [0.2, 0.25) is 0 Å². The van der Waals surface area contributed by atoms with Crippen LogP contribution in [0.25, 0.3) is 10.9 Å². The van der Waals surface area contributed by atoms with Gasteiger partial charge in [0.05, 0.1) is 12.1 Å². The molecule has 1 aromatic heterocycles. The fourth-order valence-corrected chi connectivity index (χ4v) is 1.71. The van der Waals surface area contributed by atoms with Gasteiger partial charge in [0, 0.05) is 17.1 Å². The summed E-state index contributed by atoms with van der Waals surface area (Å²) in [6.07, 6.45) is 3.55. The van der Waals surface area contributed by atoms with Gasteiger partial charge in [0.1, 0.15) is 0 Å². The van der Waals surface area contributed by atoms with E-state index in [-0.39, 0.29) is 6.04 Å². The molecule has 1 atom stereocenters. The zero-order chi connectivity index (χ0) is 12.7. The average molecular weight is 229 g/mol. The first-order valence-electron chi connectivity index (χ1n) is 6.01. The average Bonchev–Trinajstić information content (AvgIpc) is 2.81. The van der Waals surface area contributed by atoms with Crippen LogP contribution in [0.4, 0.5) is 0 Å². The quantitative estimate of drug-likeness (QED) is 0.849. The van der Waals surface area contributed by atoms with Crippen molar-refractivity contribution in [2.24, 2.45) is 5.73 Å². The molecule has 1 unspecified atom stereocenters. The van der Waals surface area contributed by atoms with Gasteiger partial charge in [-0.25, -0.2) is 0 Å². The number of rotatable bonds is 3. The monoisotopic (exact) mass is 229 g/mol. The normalized spacial score (nSPS) is 11.4. The largest absolute Gasteiger partial charge is 0.361 e. The molecule has 0 aliphatic rings. The summed E-state index contributed by atoms with van der Waals surface area (Å²) in [5.41, 5.74) is 7.93. The minimum absolute atomic E-state index is 0.362. The van der Waals surface area contributed by atoms with Gasteiger partial charge in [-0.1, -0.05) is 32.0 Å². The lowest BCUT2D eigenvalue weighted by atomic mass is 10.1. The first-order chi connectivity index (χ1) is 8.31. The predicted molar refractivity (Wildman–Crippen MR) is 71.6 cm³/mol. The molecule has 3 N–H and O–H groups in total. The number of para-hydroxylation sites is 1. The van der Waals surface area contributed by atoms with E-state index >= 15 is 0 Å². The van der Waals surface area contributed by atoms with E-state index in [1.54, 1.807) is 0 Å². The molecule has 0 spiro atoms. The summed E-state index contributed by atoms with van der Waals surface area (Å²) in [7, 11) is 0. The number of fused-ring (bicyclic) bond motifs is 1. The number of aryl methyl sites for hydroxylation is 1. The van der Waals surface area contributed by atoms with Crippen molar-refractivity contribution >= 4 is 10.9 Å². The number of nitriles is 1. The first kappa shape index (κ1) is 13.3. The molecule has 0 fully saturated rings. The second-order valence-electron chi connectivity index (χ2n) is 3.63. The van der Waals surface area contributed by atoms with Gasteiger partial charge in [0.25, 0.3) is 0 Å². The van der Waals surface area contributed by atoms with Crippen LogP contribution in [0.15, 0.2) is 30.5 Å². The Morgan fingerprint density at radius 3 is 2.76 bits per heavy atom. The molecule has 0 saturated carbocycles. The lowest BCUT2D eigenvalue weighted by Crippen LogP contribution is -2.17. The van der Waals surface area contributed by atoms with Crippen LogP contribution >= 0.6 is 0 Å². The molecule has 0 amide bonds. The van der Waals surface area contributed by atoms with Crippen molar-refractivity contribution in [3.63, 3.8) is 0 Å². The maximum absolute atomic E-state index is 8.59. The molecule has 0 saturated heterocycles. The summed E-state index contributed by atoms with van der Waals surface area (Å²) in [5, 5.41) is 9.82. The minimum atomic E-state index is -0.362. The van der Waals surface area contributed by atoms with E-state index in [9.17, 15) is 0 Å². The van der Waals surface area contributed by atoms with Crippen molar-refractivity contribution in [2.45, 2.75) is 32.7 Å². The van der Waals surface area contributed by atoms with Crippen LogP contribution in [0.2, 0.25) is 0 Å². The summed E-state index contributed by atoms with van der Waals surface area (Å²) < 4.78 is 0. The van der Waals surface area contributed by atoms with E-state index in [0.29, 0.717) is 6.42 Å². The predicted octanol–water partition coefficient (Wildman–Crippen LogP) is 2.98. The summed E-state index contributed by atoms with van der Waals surface area (Å²) in [5.74, 6) is 0. The highest BCUT2D eigenvalue weighted by atomic mass is 14.7. The highest BCUT2D eigenvalue weighted by molar-refractivity contribution is 5.82. The third-order valence-corrected chi connectivity index (χ3v) is 2.57. The van der Waals surface area contributed by atoms with E-state index in [4.69, 9.17) is 11.0 Å². The number of nitrogens with two attached hydrogens (primary N) is 1.